The van der Waals surface area contributed by atoms with Crippen molar-refractivity contribution in [3.05, 3.63) is 64.6 Å². The van der Waals surface area contributed by atoms with Crippen molar-refractivity contribution in [3.63, 3.8) is 0 Å². The van der Waals surface area contributed by atoms with Crippen LogP contribution in [0.3, 0.4) is 0 Å². The van der Waals surface area contributed by atoms with Gasteiger partial charge in [-0.05, 0) is 35.4 Å². The summed E-state index contributed by atoms with van der Waals surface area (Å²) < 4.78 is 0. The molecule has 1 aromatic carbocycles. The first-order valence-electron chi connectivity index (χ1n) is 6.06. The third-order valence-electron chi connectivity index (χ3n) is 3.14. The van der Waals surface area contributed by atoms with Gasteiger partial charge in [-0.25, -0.2) is 0 Å². The topological polar surface area (TPSA) is 48.9 Å². The van der Waals surface area contributed by atoms with Crippen molar-refractivity contribution in [2.24, 2.45) is 0 Å². The van der Waals surface area contributed by atoms with Crippen LogP contribution in [0.25, 0.3) is 10.9 Å². The monoisotopic (exact) mass is 272 g/mol. The molecule has 3 nitrogen and oxygen atoms in total. The fourth-order valence-electron chi connectivity index (χ4n) is 2.18. The molecule has 0 radical (unpaired) electrons. The lowest BCUT2D eigenvalue weighted by atomic mass is 10.1. The number of pyridine rings is 1. The summed E-state index contributed by atoms with van der Waals surface area (Å²) in [7, 11) is 0. The zero-order valence-electron chi connectivity index (χ0n) is 10.2. The van der Waals surface area contributed by atoms with Crippen molar-refractivity contribution in [1.82, 2.24) is 9.97 Å². The molecular formula is C15H13ClN2O. The number of H-pyrrole nitrogens is 1. The standard InChI is InChI=1S/C15H13ClN2O/c16-14-8-18-15-2-1-10(7-13(14)15)5-12-6-11(9-19)3-4-17-12/h1-4,6-8,18-19H,5,9H2. The van der Waals surface area contributed by atoms with Gasteiger partial charge in [0.05, 0.1) is 11.6 Å². The molecular weight excluding hydrogens is 260 g/mol. The van der Waals surface area contributed by atoms with Gasteiger partial charge in [-0.3, -0.25) is 4.98 Å². The van der Waals surface area contributed by atoms with Crippen molar-refractivity contribution in [2.45, 2.75) is 13.0 Å². The van der Waals surface area contributed by atoms with Gasteiger partial charge < -0.3 is 10.1 Å². The smallest absolute Gasteiger partial charge is 0.0683 e. The quantitative estimate of drug-likeness (QED) is 0.769. The van der Waals surface area contributed by atoms with E-state index in [2.05, 4.69) is 22.1 Å². The number of nitrogens with one attached hydrogen (secondary N) is 1. The number of fused-ring (bicyclic) bond motifs is 1. The third kappa shape index (κ3) is 2.48. The molecule has 0 amide bonds. The summed E-state index contributed by atoms with van der Waals surface area (Å²) in [5.74, 6) is 0. The summed E-state index contributed by atoms with van der Waals surface area (Å²) in [4.78, 5) is 7.44. The maximum atomic E-state index is 9.13. The number of aromatic nitrogens is 2. The van der Waals surface area contributed by atoms with Gasteiger partial charge in [-0.2, -0.15) is 0 Å². The van der Waals surface area contributed by atoms with E-state index in [0.29, 0.717) is 0 Å². The van der Waals surface area contributed by atoms with Crippen molar-refractivity contribution in [2.75, 3.05) is 0 Å². The summed E-state index contributed by atoms with van der Waals surface area (Å²) in [6.07, 6.45) is 4.24. The Hall–Kier alpha value is -1.84. The Balaban J connectivity index is 1.93. The first kappa shape index (κ1) is 12.2. The average molecular weight is 273 g/mol. The number of aromatic amines is 1. The lowest BCUT2D eigenvalue weighted by Crippen LogP contribution is -1.94. The molecule has 19 heavy (non-hydrogen) atoms. The van der Waals surface area contributed by atoms with Gasteiger partial charge in [0.25, 0.3) is 0 Å². The summed E-state index contributed by atoms with van der Waals surface area (Å²) in [6.45, 7) is 0.0399. The van der Waals surface area contributed by atoms with Gasteiger partial charge in [0.2, 0.25) is 0 Å². The second-order valence-electron chi connectivity index (χ2n) is 4.51. The van der Waals surface area contributed by atoms with E-state index in [4.69, 9.17) is 16.7 Å². The van der Waals surface area contributed by atoms with Crippen LogP contribution in [0.4, 0.5) is 0 Å². The van der Waals surface area contributed by atoms with Gasteiger partial charge in [0.1, 0.15) is 0 Å². The normalized spacial score (nSPS) is 11.1. The lowest BCUT2D eigenvalue weighted by molar-refractivity contribution is 0.281. The highest BCUT2D eigenvalue weighted by molar-refractivity contribution is 6.35. The molecule has 0 aliphatic carbocycles. The molecule has 2 heterocycles. The van der Waals surface area contributed by atoms with Crippen LogP contribution < -0.4 is 0 Å². The molecule has 2 aromatic heterocycles. The molecule has 0 aliphatic heterocycles. The Morgan fingerprint density at radius 3 is 2.89 bits per heavy atom. The zero-order chi connectivity index (χ0) is 13.2. The first-order chi connectivity index (χ1) is 9.26. The van der Waals surface area contributed by atoms with E-state index in [9.17, 15) is 0 Å². The molecule has 0 aliphatic rings. The SMILES string of the molecule is OCc1ccnc(Cc2ccc3[nH]cc(Cl)c3c2)c1. The van der Waals surface area contributed by atoms with Crippen LogP contribution in [0.15, 0.2) is 42.7 Å². The van der Waals surface area contributed by atoms with E-state index >= 15 is 0 Å². The van der Waals surface area contributed by atoms with Crippen molar-refractivity contribution < 1.29 is 5.11 Å². The minimum atomic E-state index is 0.0399. The van der Waals surface area contributed by atoms with E-state index < -0.39 is 0 Å². The predicted molar refractivity (Wildman–Crippen MR) is 76.3 cm³/mol. The third-order valence-corrected chi connectivity index (χ3v) is 3.46. The van der Waals surface area contributed by atoms with Crippen LogP contribution in [-0.4, -0.2) is 15.1 Å². The number of halogens is 1. The fourth-order valence-corrected chi connectivity index (χ4v) is 2.39. The van der Waals surface area contributed by atoms with Gasteiger partial charge in [-0.15, -0.1) is 0 Å². The van der Waals surface area contributed by atoms with E-state index in [0.717, 1.165) is 39.2 Å². The zero-order valence-corrected chi connectivity index (χ0v) is 11.0. The summed E-state index contributed by atoms with van der Waals surface area (Å²) >= 11 is 6.12. The summed E-state index contributed by atoms with van der Waals surface area (Å²) in [5.41, 5.74) is 4.01. The number of hydrogen-bond acceptors (Lipinski definition) is 2. The molecule has 3 aromatic rings. The predicted octanol–water partition coefficient (Wildman–Crippen LogP) is 3.30. The van der Waals surface area contributed by atoms with E-state index in [1.165, 1.54) is 0 Å². The van der Waals surface area contributed by atoms with Crippen molar-refractivity contribution >= 4 is 22.5 Å². The first-order valence-corrected chi connectivity index (χ1v) is 6.44. The fraction of sp³-hybridized carbons (Fsp3) is 0.133. The molecule has 3 rings (SSSR count). The van der Waals surface area contributed by atoms with Gasteiger partial charge in [0.15, 0.2) is 0 Å². The Kier molecular flexibility index (Phi) is 3.23. The van der Waals surface area contributed by atoms with E-state index in [1.54, 1.807) is 12.4 Å². The van der Waals surface area contributed by atoms with Crippen LogP contribution in [0, 0.1) is 0 Å². The van der Waals surface area contributed by atoms with Gasteiger partial charge >= 0.3 is 0 Å². The van der Waals surface area contributed by atoms with Crippen LogP contribution in [0.5, 0.6) is 0 Å². The molecule has 96 valence electrons. The second kappa shape index (κ2) is 5.03. The largest absolute Gasteiger partial charge is 0.392 e. The van der Waals surface area contributed by atoms with Crippen LogP contribution >= 0.6 is 11.6 Å². The Bertz CT molecular complexity index is 721. The molecule has 0 bridgehead atoms. The molecule has 0 fully saturated rings. The number of hydrogen-bond donors (Lipinski definition) is 2. The van der Waals surface area contributed by atoms with Gasteiger partial charge in [-0.1, -0.05) is 17.7 Å². The van der Waals surface area contributed by atoms with Gasteiger partial charge in [0, 0.05) is 35.4 Å². The Morgan fingerprint density at radius 1 is 1.16 bits per heavy atom. The molecule has 0 saturated heterocycles. The average Bonchev–Trinajstić information content (AvgIpc) is 2.80. The number of aliphatic hydroxyl groups excluding tert-OH is 1. The molecule has 0 unspecified atom stereocenters. The van der Waals surface area contributed by atoms with Crippen LogP contribution in [-0.2, 0) is 13.0 Å². The highest BCUT2D eigenvalue weighted by Crippen LogP contribution is 2.24. The number of rotatable bonds is 3. The minimum Gasteiger partial charge on any atom is -0.392 e. The highest BCUT2D eigenvalue weighted by Gasteiger charge is 2.04. The Morgan fingerprint density at radius 2 is 2.05 bits per heavy atom. The molecule has 2 N–H and O–H groups in total. The molecule has 0 atom stereocenters. The Labute approximate surface area is 115 Å². The van der Waals surface area contributed by atoms with Crippen molar-refractivity contribution in [3.8, 4) is 0 Å². The maximum Gasteiger partial charge on any atom is 0.0683 e. The molecule has 0 spiro atoms. The number of aliphatic hydroxyl groups is 1. The summed E-state index contributed by atoms with van der Waals surface area (Å²) in [5, 5.41) is 10.9. The molecule has 0 saturated carbocycles. The second-order valence-corrected chi connectivity index (χ2v) is 4.91. The number of nitrogens with zero attached hydrogens (tertiary/aromatic N) is 1. The maximum absolute atomic E-state index is 9.13. The molecule has 4 heteroatoms. The summed E-state index contributed by atoms with van der Waals surface area (Å²) in [6, 6.07) is 9.88. The van der Waals surface area contributed by atoms with Crippen LogP contribution in [0.2, 0.25) is 5.02 Å². The lowest BCUT2D eigenvalue weighted by Gasteiger charge is -2.03. The van der Waals surface area contributed by atoms with Crippen molar-refractivity contribution in [1.29, 1.82) is 0 Å². The van der Waals surface area contributed by atoms with Crippen LogP contribution in [0.1, 0.15) is 16.8 Å². The van der Waals surface area contributed by atoms with E-state index in [-0.39, 0.29) is 6.61 Å². The number of benzene rings is 1. The highest BCUT2D eigenvalue weighted by atomic mass is 35.5. The van der Waals surface area contributed by atoms with E-state index in [1.807, 2.05) is 18.2 Å². The minimum absolute atomic E-state index is 0.0399.